The van der Waals surface area contributed by atoms with E-state index in [0.717, 1.165) is 0 Å². The summed E-state index contributed by atoms with van der Waals surface area (Å²) in [6.45, 7) is 0. The second kappa shape index (κ2) is 8.08. The maximum atomic E-state index is 7.28. The van der Waals surface area contributed by atoms with Crippen LogP contribution in [0.25, 0.3) is 0 Å². The molecule has 0 saturated heterocycles. The van der Waals surface area contributed by atoms with Crippen molar-refractivity contribution in [2.75, 3.05) is 0 Å². The maximum Gasteiger partial charge on any atom is 0.167 e. The number of alkyl halides is 8. The van der Waals surface area contributed by atoms with E-state index in [4.69, 9.17) is 186 Å². The normalized spacial score (nSPS) is 47.0. The third-order valence-electron chi connectivity index (χ3n) is 8.34. The van der Waals surface area contributed by atoms with Crippen molar-refractivity contribution in [1.82, 2.24) is 0 Å². The van der Waals surface area contributed by atoms with Crippen LogP contribution in [-0.2, 0) is 0 Å². The minimum Gasteiger partial charge on any atom is -0.109 e. The summed E-state index contributed by atoms with van der Waals surface area (Å²) in [4.78, 5) is -7.28. The van der Waals surface area contributed by atoms with Gasteiger partial charge in [-0.25, -0.2) is 0 Å². The quantitative estimate of drug-likeness (QED) is 0.139. The Morgan fingerprint density at radius 3 is 0.889 bits per heavy atom. The van der Waals surface area contributed by atoms with Gasteiger partial charge in [-0.3, -0.25) is 0 Å². The van der Waals surface area contributed by atoms with E-state index in [-0.39, 0.29) is 40.2 Å². The Kier molecular flexibility index (Phi) is 6.60. The van der Waals surface area contributed by atoms with Gasteiger partial charge in [-0.15, -0.1) is 46.4 Å². The topological polar surface area (TPSA) is 0 Å². The Hall–Kier alpha value is 3.34. The number of fused-ring (bicyclic) bond motifs is 14. The molecule has 0 spiro atoms. The number of benzene rings is 1. The van der Waals surface area contributed by atoms with Crippen molar-refractivity contribution in [1.29, 1.82) is 0 Å². The molecule has 196 valence electrons. The lowest BCUT2D eigenvalue weighted by molar-refractivity contribution is 0.201. The third kappa shape index (κ3) is 2.54. The summed E-state index contributed by atoms with van der Waals surface area (Å²) in [6.07, 6.45) is 0. The molecular formula is C20H4Cl16. The summed E-state index contributed by atoms with van der Waals surface area (Å²) in [7, 11) is 0. The minimum absolute atomic E-state index is 0.000290. The summed E-state index contributed by atoms with van der Waals surface area (Å²) < 4.78 is -4.01. The predicted octanol–water partition coefficient (Wildman–Crippen LogP) is 12.4. The molecule has 4 bridgehead atoms. The van der Waals surface area contributed by atoms with Gasteiger partial charge in [-0.1, -0.05) is 139 Å². The van der Waals surface area contributed by atoms with Gasteiger partial charge in [-0.2, -0.15) is 0 Å². The molecule has 16 heteroatoms. The molecule has 36 heavy (non-hydrogen) atoms. The highest BCUT2D eigenvalue weighted by molar-refractivity contribution is 6.68. The van der Waals surface area contributed by atoms with Crippen LogP contribution in [0.15, 0.2) is 20.1 Å². The highest BCUT2D eigenvalue weighted by Gasteiger charge is 2.92. The number of hydrogen-bond acceptors (Lipinski definition) is 0. The highest BCUT2D eigenvalue weighted by Crippen LogP contribution is 2.89. The Morgan fingerprint density at radius 2 is 0.611 bits per heavy atom. The molecule has 5 aliphatic carbocycles. The molecule has 2 saturated carbocycles. The zero-order chi connectivity index (χ0) is 27.1. The molecule has 2 fully saturated rings. The van der Waals surface area contributed by atoms with Crippen LogP contribution in [0.3, 0.4) is 0 Å². The Labute approximate surface area is 285 Å². The SMILES string of the molecule is ClC1=C(Cl)[C@@]2(Cl)[C@H]3c4c(Cl)c(Cl)c(Cl)c(Cl)c4[C@H]4[C@H]([C@@H]3[C@@]1(Cl)C2(Cl)Cl)[C@@]1(Cl)C(Cl)=C(Cl)[C@@]4(Cl)C1(Cl)Cl. The molecule has 1 aromatic carbocycles. The van der Waals surface area contributed by atoms with E-state index in [1.54, 1.807) is 0 Å². The van der Waals surface area contributed by atoms with Crippen LogP contribution in [-0.4, -0.2) is 28.2 Å². The molecule has 1 aromatic rings. The fourth-order valence-electron chi connectivity index (χ4n) is 6.99. The second-order valence-electron chi connectivity index (χ2n) is 9.34. The van der Waals surface area contributed by atoms with Crippen molar-refractivity contribution in [3.05, 3.63) is 51.3 Å². The van der Waals surface area contributed by atoms with E-state index < -0.39 is 51.8 Å². The van der Waals surface area contributed by atoms with Crippen molar-refractivity contribution in [3.8, 4) is 0 Å². The smallest absolute Gasteiger partial charge is 0.109 e. The fraction of sp³-hybridized carbons (Fsp3) is 0.500. The van der Waals surface area contributed by atoms with Gasteiger partial charge in [0, 0.05) is 23.7 Å². The van der Waals surface area contributed by atoms with Gasteiger partial charge >= 0.3 is 0 Å². The van der Waals surface area contributed by atoms with Crippen LogP contribution in [0.2, 0.25) is 20.1 Å². The van der Waals surface area contributed by atoms with Gasteiger partial charge in [0.15, 0.2) is 8.67 Å². The summed E-state index contributed by atoms with van der Waals surface area (Å²) in [5.41, 5.74) is 0.593. The summed E-state index contributed by atoms with van der Waals surface area (Å²) in [6, 6.07) is 0. The zero-order valence-corrected chi connectivity index (χ0v) is 28.5. The molecule has 0 radical (unpaired) electrons. The van der Waals surface area contributed by atoms with Crippen molar-refractivity contribution in [2.45, 2.75) is 40.0 Å². The molecule has 6 rings (SSSR count). The van der Waals surface area contributed by atoms with Crippen LogP contribution in [0.1, 0.15) is 23.0 Å². The van der Waals surface area contributed by atoms with E-state index in [1.807, 2.05) is 0 Å². The summed E-state index contributed by atoms with van der Waals surface area (Å²) >= 11 is 110. The molecule has 5 aliphatic rings. The first-order chi connectivity index (χ1) is 16.3. The van der Waals surface area contributed by atoms with Crippen molar-refractivity contribution in [2.24, 2.45) is 11.8 Å². The van der Waals surface area contributed by atoms with Crippen molar-refractivity contribution < 1.29 is 0 Å². The standard InChI is InChI=1S/C20H4Cl16/c21-7-1-2(8(22)10(24)9(7)23)4-6(18(32)14(28)12(26)16(4,30)20(18,35)36)5-3(1)15(29)11(25)13(27)17(5,31)19(15,33)34/h3-6H/t3-,4-,5+,6+,15-,16+,17-,18+/m0/s1. The zero-order valence-electron chi connectivity index (χ0n) is 16.4. The average Bonchev–Trinajstić information content (AvgIpc) is 3.15. The van der Waals surface area contributed by atoms with Gasteiger partial charge in [0.05, 0.1) is 40.2 Å². The monoisotopic (exact) mass is 804 g/mol. The van der Waals surface area contributed by atoms with E-state index in [9.17, 15) is 0 Å². The molecule has 0 aliphatic heterocycles. The lowest BCUT2D eigenvalue weighted by atomic mass is 9.57. The van der Waals surface area contributed by atoms with Crippen molar-refractivity contribution in [3.63, 3.8) is 0 Å². The lowest BCUT2D eigenvalue weighted by Gasteiger charge is -2.53. The second-order valence-corrected chi connectivity index (χ2v) is 17.4. The molecule has 0 amide bonds. The van der Waals surface area contributed by atoms with Gasteiger partial charge in [-0.05, 0) is 11.1 Å². The molecule has 0 N–H and O–H groups in total. The first kappa shape index (κ1) is 29.4. The largest absolute Gasteiger partial charge is 0.167 e. The molecular weight excluding hydrogens is 807 g/mol. The highest BCUT2D eigenvalue weighted by atomic mass is 35.5. The Bertz CT molecular complexity index is 1280. The number of rotatable bonds is 0. The van der Waals surface area contributed by atoms with Crippen LogP contribution in [0.5, 0.6) is 0 Å². The first-order valence-electron chi connectivity index (χ1n) is 9.76. The van der Waals surface area contributed by atoms with Crippen LogP contribution in [0, 0.1) is 11.8 Å². The molecule has 0 unspecified atom stereocenters. The van der Waals surface area contributed by atoms with E-state index in [0.29, 0.717) is 11.1 Å². The van der Waals surface area contributed by atoms with Crippen LogP contribution >= 0.6 is 186 Å². The molecule has 0 aromatic heterocycles. The van der Waals surface area contributed by atoms with Gasteiger partial charge < -0.3 is 0 Å². The Morgan fingerprint density at radius 1 is 0.361 bits per heavy atom. The number of allylic oxidation sites excluding steroid dienone is 4. The van der Waals surface area contributed by atoms with Crippen LogP contribution in [0.4, 0.5) is 0 Å². The lowest BCUT2D eigenvalue weighted by Crippen LogP contribution is -2.53. The average molecular weight is 811 g/mol. The number of hydrogen-bond donors (Lipinski definition) is 0. The van der Waals surface area contributed by atoms with E-state index in [1.165, 1.54) is 0 Å². The van der Waals surface area contributed by atoms with Gasteiger partial charge in [0.2, 0.25) is 0 Å². The van der Waals surface area contributed by atoms with E-state index in [2.05, 4.69) is 0 Å². The summed E-state index contributed by atoms with van der Waals surface area (Å²) in [5.74, 6) is -3.84. The predicted molar refractivity (Wildman–Crippen MR) is 160 cm³/mol. The maximum absolute atomic E-state index is 7.28. The van der Waals surface area contributed by atoms with Gasteiger partial charge in [0.25, 0.3) is 0 Å². The number of halogens is 16. The molecule has 8 atom stereocenters. The molecule has 0 heterocycles. The van der Waals surface area contributed by atoms with Crippen LogP contribution < -0.4 is 0 Å². The first-order valence-corrected chi connectivity index (χ1v) is 15.8. The van der Waals surface area contributed by atoms with E-state index >= 15 is 0 Å². The van der Waals surface area contributed by atoms with Gasteiger partial charge in [0.1, 0.15) is 19.5 Å². The minimum atomic E-state index is -2.00. The molecule has 0 nitrogen and oxygen atoms in total. The summed E-state index contributed by atoms with van der Waals surface area (Å²) in [5, 5.41) is -0.425. The third-order valence-corrected chi connectivity index (χ3v) is 18.7. The van der Waals surface area contributed by atoms with Crippen molar-refractivity contribution >= 4 is 186 Å². The Balaban J connectivity index is 1.86. The fourth-order valence-corrected chi connectivity index (χ4v) is 14.2.